The lowest BCUT2D eigenvalue weighted by Crippen LogP contribution is -2.56. The van der Waals surface area contributed by atoms with E-state index in [9.17, 15) is 14.4 Å². The molecule has 0 N–H and O–H groups in total. The number of hydrogen-bond donors (Lipinski definition) is 0. The topological polar surface area (TPSA) is 108 Å². The van der Waals surface area contributed by atoms with Crippen LogP contribution in [0.1, 0.15) is 270 Å². The van der Waals surface area contributed by atoms with Crippen LogP contribution in [0.3, 0.4) is 0 Å². The van der Waals surface area contributed by atoms with E-state index in [2.05, 4.69) is 86.6 Å². The molecule has 0 aliphatic carbocycles. The minimum atomic E-state index is -2.28. The molecule has 15 heteroatoms. The molecule has 0 saturated carbocycles. The van der Waals surface area contributed by atoms with Gasteiger partial charge in [-0.15, -0.1) is 56.7 Å². The Bertz CT molecular complexity index is 2910. The van der Waals surface area contributed by atoms with Crippen molar-refractivity contribution in [1.29, 1.82) is 0 Å². The molecule has 7 heterocycles. The van der Waals surface area contributed by atoms with Crippen molar-refractivity contribution >= 4 is 99.3 Å². The van der Waals surface area contributed by atoms with Crippen LogP contribution in [0.2, 0.25) is 12.1 Å². The van der Waals surface area contributed by atoms with Gasteiger partial charge in [-0.2, -0.15) is 0 Å². The van der Waals surface area contributed by atoms with E-state index in [1.807, 2.05) is 22.7 Å². The molecule has 9 nitrogen and oxygen atoms in total. The number of imide groups is 1. The molecular formula is C72H107NO8S5Si. The van der Waals surface area contributed by atoms with Crippen LogP contribution in [0.4, 0.5) is 9.59 Å². The third kappa shape index (κ3) is 19.2. The summed E-state index contributed by atoms with van der Waals surface area (Å²) in [6, 6.07) is 12.1. The molecule has 2 atom stereocenters. The summed E-state index contributed by atoms with van der Waals surface area (Å²) in [5.41, 5.74) is 3.13. The predicted octanol–water partition coefficient (Wildman–Crippen LogP) is 22.4. The lowest BCUT2D eigenvalue weighted by molar-refractivity contribution is 0.0539. The average Bonchev–Trinajstić information content (AvgIpc) is 1.59. The van der Waals surface area contributed by atoms with Gasteiger partial charge in [0.25, 0.3) is 11.8 Å². The standard InChI is InChI=1S/C72H107NO8S5Si/c1-10-17-22-25-28-31-34-41-78-71(76)80-43-38-55-46-57(83-52(55)9)65-62-63(70(75)73(69(62)74)40-33-30-27-24-19-12-3)66(86-65)58-47-56(39-44-81-72(77)79-42-35-32-29-26-23-18-11-2)64(84-58)59-48-61-68(85-59)67-60(45-51(8)82-67)87(61,49-53(15-6)36-20-13-4)50-54(16-7)37-21-14-5/h45-48,53-54H,10-44,49-50H2,1-9H3. The van der Waals surface area contributed by atoms with Crippen LogP contribution in [-0.2, 0) is 31.8 Å². The van der Waals surface area contributed by atoms with Gasteiger partial charge in [0.15, 0.2) is 0 Å². The van der Waals surface area contributed by atoms with Crippen molar-refractivity contribution in [2.45, 2.75) is 267 Å². The summed E-state index contributed by atoms with van der Waals surface area (Å²) >= 11 is 8.84. The van der Waals surface area contributed by atoms with E-state index >= 15 is 4.79 Å². The van der Waals surface area contributed by atoms with Crippen molar-refractivity contribution in [3.63, 3.8) is 0 Å². The molecule has 2 amide bonds. The Morgan fingerprint density at radius 3 is 1.37 bits per heavy atom. The monoisotopic (exact) mass is 1300 g/mol. The number of aryl methyl sites for hydroxylation is 2. The SMILES string of the molecule is CCCCCCCCCOC(=O)OCCc1cc(-c2sc(-c3cc(CCOC(=O)OCCCCCCCCC)c(-c4cc5c(s4)-c4sc(C)cc4[Si]5(CC(CC)CCCC)CC(CC)CCCC)s3)c3c2C(=O)N(CCCCCCCC)C3=O)sc1C. The lowest BCUT2D eigenvalue weighted by atomic mass is 10.0. The molecule has 0 aromatic carbocycles. The van der Waals surface area contributed by atoms with Crippen LogP contribution in [0.15, 0.2) is 24.3 Å². The van der Waals surface area contributed by atoms with Crippen LogP contribution in [0.25, 0.3) is 39.0 Å². The van der Waals surface area contributed by atoms with E-state index in [-0.39, 0.29) is 25.0 Å². The summed E-state index contributed by atoms with van der Waals surface area (Å²) in [6.45, 7) is 22.0. The first-order chi connectivity index (χ1) is 42.4. The zero-order chi connectivity index (χ0) is 62.1. The third-order valence-electron chi connectivity index (χ3n) is 18.4. The Kier molecular flexibility index (Phi) is 30.2. The molecule has 0 bridgehead atoms. The first-order valence-corrected chi connectivity index (χ1v) is 41.0. The number of fused-ring (bicyclic) bond motifs is 4. The number of rotatable bonds is 44. The summed E-state index contributed by atoms with van der Waals surface area (Å²) < 4.78 is 22.6. The highest BCUT2D eigenvalue weighted by molar-refractivity contribution is 7.33. The van der Waals surface area contributed by atoms with Gasteiger partial charge in [0.2, 0.25) is 0 Å². The summed E-state index contributed by atoms with van der Waals surface area (Å²) in [7, 11) is -2.28. The molecule has 5 aromatic rings. The fourth-order valence-corrected chi connectivity index (χ4v) is 27.5. The minimum absolute atomic E-state index is 0.164. The Hall–Kier alpha value is -3.60. The van der Waals surface area contributed by atoms with Gasteiger partial charge in [-0.3, -0.25) is 14.5 Å². The van der Waals surface area contributed by atoms with Crippen LogP contribution >= 0.6 is 56.7 Å². The molecule has 2 unspecified atom stereocenters. The number of thiophene rings is 5. The molecule has 0 spiro atoms. The largest absolute Gasteiger partial charge is 0.508 e. The molecule has 0 saturated heterocycles. The summed E-state index contributed by atoms with van der Waals surface area (Å²) in [5.74, 6) is 0.924. The van der Waals surface area contributed by atoms with Crippen LogP contribution in [-0.4, -0.2) is 70.1 Å². The van der Waals surface area contributed by atoms with Gasteiger partial charge in [-0.1, -0.05) is 209 Å². The molecule has 87 heavy (non-hydrogen) atoms. The maximum Gasteiger partial charge on any atom is 0.508 e. The van der Waals surface area contributed by atoms with Crippen LogP contribution in [0.5, 0.6) is 0 Å². The van der Waals surface area contributed by atoms with Crippen molar-refractivity contribution in [1.82, 2.24) is 4.90 Å². The maximum atomic E-state index is 15.1. The Morgan fingerprint density at radius 1 is 0.437 bits per heavy atom. The van der Waals surface area contributed by atoms with Gasteiger partial charge in [0.05, 0.1) is 47.3 Å². The number of carbonyl (C=O) groups excluding carboxylic acids is 4. The molecule has 7 rings (SSSR count). The summed E-state index contributed by atoms with van der Waals surface area (Å²) in [5, 5.41) is 3.31. The zero-order valence-electron chi connectivity index (χ0n) is 54.9. The van der Waals surface area contributed by atoms with E-state index in [0.29, 0.717) is 55.6 Å². The van der Waals surface area contributed by atoms with E-state index in [0.717, 1.165) is 111 Å². The molecule has 0 radical (unpaired) electrons. The van der Waals surface area contributed by atoms with Crippen molar-refractivity contribution < 1.29 is 38.1 Å². The first kappa shape index (κ1) is 70.8. The lowest BCUT2D eigenvalue weighted by Gasteiger charge is -2.35. The summed E-state index contributed by atoms with van der Waals surface area (Å²) in [6.07, 6.45) is 31.9. The van der Waals surface area contributed by atoms with E-state index < -0.39 is 20.4 Å². The van der Waals surface area contributed by atoms with Gasteiger partial charge >= 0.3 is 12.3 Å². The molecule has 2 aliphatic rings. The van der Waals surface area contributed by atoms with Crippen molar-refractivity contribution in [2.75, 3.05) is 33.0 Å². The van der Waals surface area contributed by atoms with Gasteiger partial charge < -0.3 is 18.9 Å². The Labute approximate surface area is 545 Å². The number of carbonyl (C=O) groups is 4. The van der Waals surface area contributed by atoms with Gasteiger partial charge in [0, 0.05) is 58.4 Å². The van der Waals surface area contributed by atoms with E-state index in [1.54, 1.807) is 44.4 Å². The highest BCUT2D eigenvalue weighted by Gasteiger charge is 2.50. The normalized spacial score (nSPS) is 15.1. The highest BCUT2D eigenvalue weighted by atomic mass is 32.1. The van der Waals surface area contributed by atoms with E-state index in [1.165, 1.54) is 146 Å². The second kappa shape index (κ2) is 37.0. The molecule has 482 valence electrons. The van der Waals surface area contributed by atoms with Crippen LogP contribution < -0.4 is 10.4 Å². The average molecular weight is 1300 g/mol. The van der Waals surface area contributed by atoms with Gasteiger partial charge in [-0.25, -0.2) is 9.59 Å². The smallest absolute Gasteiger partial charge is 0.434 e. The first-order valence-electron chi connectivity index (χ1n) is 34.5. The van der Waals surface area contributed by atoms with Gasteiger partial charge in [0.1, 0.15) is 8.07 Å². The number of hydrogen-bond acceptors (Lipinski definition) is 13. The molecular weight excluding hydrogens is 1200 g/mol. The van der Waals surface area contributed by atoms with Crippen molar-refractivity contribution in [3.8, 4) is 39.0 Å². The van der Waals surface area contributed by atoms with Crippen LogP contribution in [0, 0.1) is 25.7 Å². The number of ether oxygens (including phenoxy) is 4. The zero-order valence-corrected chi connectivity index (χ0v) is 60.0. The number of unbranched alkanes of at least 4 members (excludes halogenated alkanes) is 19. The van der Waals surface area contributed by atoms with Crippen molar-refractivity contribution in [3.05, 3.63) is 56.3 Å². The molecule has 2 aliphatic heterocycles. The van der Waals surface area contributed by atoms with Crippen molar-refractivity contribution in [2.24, 2.45) is 11.8 Å². The summed E-state index contributed by atoms with van der Waals surface area (Å²) in [4.78, 5) is 68.8. The fourth-order valence-electron chi connectivity index (χ4n) is 13.2. The second-order valence-corrected chi connectivity index (χ2v) is 34.8. The fraction of sp³-hybridized carbons (Fsp3) is 0.667. The maximum absolute atomic E-state index is 15.1. The molecule has 0 fully saturated rings. The molecule has 5 aromatic heterocycles. The minimum Gasteiger partial charge on any atom is -0.434 e. The Balaban J connectivity index is 1.25. The van der Waals surface area contributed by atoms with E-state index in [4.69, 9.17) is 18.9 Å². The second-order valence-electron chi connectivity index (χ2n) is 25.1. The highest BCUT2D eigenvalue weighted by Crippen LogP contribution is 2.54. The number of nitrogens with zero attached hydrogens (tertiary/aromatic N) is 1. The quantitative estimate of drug-likeness (QED) is 0.0164. The Morgan fingerprint density at radius 2 is 0.851 bits per heavy atom. The van der Waals surface area contributed by atoms with Gasteiger partial charge in [-0.05, 0) is 103 Å². The third-order valence-corrected chi connectivity index (χ3v) is 30.5. The number of amides is 2. The predicted molar refractivity (Wildman–Crippen MR) is 375 cm³/mol.